The highest BCUT2D eigenvalue weighted by Gasteiger charge is 2.27. The smallest absolute Gasteiger partial charge is 0.185 e. The molecule has 1 unspecified atom stereocenters. The van der Waals surface area contributed by atoms with Gasteiger partial charge >= 0.3 is 0 Å². The zero-order valence-corrected chi connectivity index (χ0v) is 13.3. The predicted octanol–water partition coefficient (Wildman–Crippen LogP) is 2.86. The first-order valence-electron chi connectivity index (χ1n) is 6.92. The van der Waals surface area contributed by atoms with E-state index in [9.17, 15) is 0 Å². The van der Waals surface area contributed by atoms with E-state index < -0.39 is 0 Å². The Bertz CT molecular complexity index is 739. The molecule has 1 aliphatic heterocycles. The molecule has 0 N–H and O–H groups in total. The van der Waals surface area contributed by atoms with Crippen LogP contribution in [0, 0.1) is 0 Å². The minimum absolute atomic E-state index is 0.426. The Balaban J connectivity index is 1.60. The molecule has 0 amide bonds. The Morgan fingerprint density at radius 1 is 1.14 bits per heavy atom. The highest BCUT2D eigenvalue weighted by molar-refractivity contribution is 7.17. The molecule has 1 saturated heterocycles. The Labute approximate surface area is 130 Å². The number of piperazine rings is 1. The second kappa shape index (κ2) is 5.23. The van der Waals surface area contributed by atoms with Crippen molar-refractivity contribution in [1.29, 1.82) is 0 Å². The van der Waals surface area contributed by atoms with Crippen LogP contribution in [-0.4, -0.2) is 40.6 Å². The maximum Gasteiger partial charge on any atom is 0.185 e. The Morgan fingerprint density at radius 3 is 2.90 bits per heavy atom. The first-order chi connectivity index (χ1) is 10.3. The van der Waals surface area contributed by atoms with Crippen molar-refractivity contribution >= 4 is 43.8 Å². The normalized spacial score (nSPS) is 19.4. The SMILES string of the molecule is CC1CN(c2ncnc3ccsc23)CCN1c1nccs1. The lowest BCUT2D eigenvalue weighted by molar-refractivity contribution is 0.547. The number of thiophene rings is 1. The first kappa shape index (κ1) is 13.0. The van der Waals surface area contributed by atoms with Gasteiger partial charge in [-0.05, 0) is 18.4 Å². The van der Waals surface area contributed by atoms with Crippen LogP contribution in [0.5, 0.6) is 0 Å². The molecule has 21 heavy (non-hydrogen) atoms. The summed E-state index contributed by atoms with van der Waals surface area (Å²) in [6.45, 7) is 5.16. The number of thiazole rings is 1. The van der Waals surface area contributed by atoms with Gasteiger partial charge in [0.25, 0.3) is 0 Å². The van der Waals surface area contributed by atoms with Crippen molar-refractivity contribution in [3.63, 3.8) is 0 Å². The average Bonchev–Trinajstić information content (AvgIpc) is 3.17. The summed E-state index contributed by atoms with van der Waals surface area (Å²) in [6.07, 6.45) is 3.54. The molecule has 5 nitrogen and oxygen atoms in total. The van der Waals surface area contributed by atoms with E-state index in [1.807, 2.05) is 11.6 Å². The summed E-state index contributed by atoms with van der Waals surface area (Å²) in [4.78, 5) is 18.0. The number of rotatable bonds is 2. The van der Waals surface area contributed by atoms with Gasteiger partial charge in [0.15, 0.2) is 5.13 Å². The van der Waals surface area contributed by atoms with E-state index >= 15 is 0 Å². The van der Waals surface area contributed by atoms with Crippen LogP contribution in [-0.2, 0) is 0 Å². The molecule has 7 heteroatoms. The third-order valence-corrected chi connectivity index (χ3v) is 5.52. The summed E-state index contributed by atoms with van der Waals surface area (Å²) >= 11 is 3.42. The molecule has 3 aromatic heterocycles. The molecule has 1 fully saturated rings. The fourth-order valence-corrected chi connectivity index (χ4v) is 4.43. The third-order valence-electron chi connectivity index (χ3n) is 3.82. The highest BCUT2D eigenvalue weighted by atomic mass is 32.1. The van der Waals surface area contributed by atoms with E-state index in [4.69, 9.17) is 0 Å². The molecule has 1 atom stereocenters. The second-order valence-electron chi connectivity index (χ2n) is 5.14. The summed E-state index contributed by atoms with van der Waals surface area (Å²) in [7, 11) is 0. The molecular weight excluding hydrogens is 302 g/mol. The number of hydrogen-bond acceptors (Lipinski definition) is 7. The number of fused-ring (bicyclic) bond motifs is 1. The molecule has 4 heterocycles. The van der Waals surface area contributed by atoms with Crippen molar-refractivity contribution in [3.05, 3.63) is 29.4 Å². The third kappa shape index (κ3) is 2.26. The maximum atomic E-state index is 4.52. The van der Waals surface area contributed by atoms with E-state index in [0.29, 0.717) is 6.04 Å². The fourth-order valence-electron chi connectivity index (χ4n) is 2.79. The zero-order valence-electron chi connectivity index (χ0n) is 11.6. The van der Waals surface area contributed by atoms with Crippen LogP contribution < -0.4 is 9.80 Å². The van der Waals surface area contributed by atoms with Gasteiger partial charge in [0.05, 0.1) is 10.2 Å². The number of anilines is 2. The summed E-state index contributed by atoms with van der Waals surface area (Å²) < 4.78 is 1.19. The maximum absolute atomic E-state index is 4.52. The lowest BCUT2D eigenvalue weighted by Crippen LogP contribution is -2.52. The van der Waals surface area contributed by atoms with E-state index in [1.54, 1.807) is 29.0 Å². The summed E-state index contributed by atoms with van der Waals surface area (Å²) in [5.41, 5.74) is 1.04. The Hall–Kier alpha value is -1.73. The van der Waals surface area contributed by atoms with Gasteiger partial charge < -0.3 is 9.80 Å². The van der Waals surface area contributed by atoms with Gasteiger partial charge in [-0.15, -0.1) is 22.7 Å². The van der Waals surface area contributed by atoms with Gasteiger partial charge in [-0.1, -0.05) is 0 Å². The van der Waals surface area contributed by atoms with E-state index in [1.165, 1.54) is 4.70 Å². The minimum atomic E-state index is 0.426. The van der Waals surface area contributed by atoms with Gasteiger partial charge in [0.1, 0.15) is 12.1 Å². The number of nitrogens with zero attached hydrogens (tertiary/aromatic N) is 5. The van der Waals surface area contributed by atoms with Crippen molar-refractivity contribution in [3.8, 4) is 0 Å². The average molecular weight is 317 g/mol. The Kier molecular flexibility index (Phi) is 3.23. The van der Waals surface area contributed by atoms with Gasteiger partial charge in [-0.2, -0.15) is 0 Å². The van der Waals surface area contributed by atoms with Gasteiger partial charge in [-0.3, -0.25) is 0 Å². The molecule has 4 rings (SSSR count). The Morgan fingerprint density at radius 2 is 2.10 bits per heavy atom. The van der Waals surface area contributed by atoms with Crippen molar-refractivity contribution in [2.75, 3.05) is 29.4 Å². The van der Waals surface area contributed by atoms with Crippen molar-refractivity contribution in [2.45, 2.75) is 13.0 Å². The predicted molar refractivity (Wildman–Crippen MR) is 88.6 cm³/mol. The van der Waals surface area contributed by atoms with Crippen LogP contribution in [0.4, 0.5) is 10.9 Å². The van der Waals surface area contributed by atoms with Crippen LogP contribution in [0.2, 0.25) is 0 Å². The summed E-state index contributed by atoms with van der Waals surface area (Å²) in [6, 6.07) is 2.48. The minimum Gasteiger partial charge on any atom is -0.351 e. The standard InChI is InChI=1S/C14H15N5S2/c1-10-8-18(4-5-19(10)14-15-3-7-21-14)13-12-11(2-6-20-12)16-9-17-13/h2-3,6-7,9-10H,4-5,8H2,1H3. The van der Waals surface area contributed by atoms with Crippen molar-refractivity contribution in [1.82, 2.24) is 15.0 Å². The first-order valence-corrected chi connectivity index (χ1v) is 8.68. The molecule has 1 aliphatic rings. The molecule has 0 spiro atoms. The van der Waals surface area contributed by atoms with E-state index in [-0.39, 0.29) is 0 Å². The lowest BCUT2D eigenvalue weighted by Gasteiger charge is -2.40. The monoisotopic (exact) mass is 317 g/mol. The topological polar surface area (TPSA) is 45.2 Å². The summed E-state index contributed by atoms with van der Waals surface area (Å²) in [5.74, 6) is 1.07. The molecule has 0 aromatic carbocycles. The quantitative estimate of drug-likeness (QED) is 0.727. The van der Waals surface area contributed by atoms with Gasteiger partial charge in [0, 0.05) is 37.3 Å². The van der Waals surface area contributed by atoms with Crippen LogP contribution >= 0.6 is 22.7 Å². The van der Waals surface area contributed by atoms with Crippen LogP contribution in [0.25, 0.3) is 10.2 Å². The summed E-state index contributed by atoms with van der Waals surface area (Å²) in [5, 5.41) is 5.23. The molecule has 108 valence electrons. The van der Waals surface area contributed by atoms with E-state index in [2.05, 4.69) is 43.1 Å². The zero-order chi connectivity index (χ0) is 14.2. The highest BCUT2D eigenvalue weighted by Crippen LogP contribution is 2.30. The van der Waals surface area contributed by atoms with Gasteiger partial charge in [-0.25, -0.2) is 15.0 Å². The molecule has 3 aromatic rings. The van der Waals surface area contributed by atoms with Crippen molar-refractivity contribution in [2.24, 2.45) is 0 Å². The number of hydrogen-bond donors (Lipinski definition) is 0. The van der Waals surface area contributed by atoms with Crippen LogP contribution in [0.1, 0.15) is 6.92 Å². The molecule has 0 saturated carbocycles. The van der Waals surface area contributed by atoms with Crippen LogP contribution in [0.15, 0.2) is 29.4 Å². The molecular formula is C14H15N5S2. The van der Waals surface area contributed by atoms with Gasteiger partial charge in [0.2, 0.25) is 0 Å². The van der Waals surface area contributed by atoms with E-state index in [0.717, 1.165) is 36.1 Å². The van der Waals surface area contributed by atoms with Crippen LogP contribution in [0.3, 0.4) is 0 Å². The molecule has 0 aliphatic carbocycles. The largest absolute Gasteiger partial charge is 0.351 e. The van der Waals surface area contributed by atoms with Crippen molar-refractivity contribution < 1.29 is 0 Å². The lowest BCUT2D eigenvalue weighted by atomic mass is 10.2. The number of aromatic nitrogens is 3. The molecule has 0 radical (unpaired) electrons. The fraction of sp³-hybridized carbons (Fsp3) is 0.357. The second-order valence-corrected chi connectivity index (χ2v) is 6.92. The molecule has 0 bridgehead atoms.